The van der Waals surface area contributed by atoms with Gasteiger partial charge in [0.25, 0.3) is 0 Å². The van der Waals surface area contributed by atoms with Crippen molar-refractivity contribution < 1.29 is 23.9 Å². The van der Waals surface area contributed by atoms with Gasteiger partial charge in [-0.1, -0.05) is 26.2 Å². The van der Waals surface area contributed by atoms with Gasteiger partial charge in [-0.3, -0.25) is 4.79 Å². The van der Waals surface area contributed by atoms with E-state index in [4.69, 9.17) is 9.47 Å². The van der Waals surface area contributed by atoms with Crippen molar-refractivity contribution in [3.63, 3.8) is 0 Å². The molecule has 6 nitrogen and oxygen atoms in total. The normalized spacial score (nSPS) is 11.2. The minimum absolute atomic E-state index is 0.173. The van der Waals surface area contributed by atoms with Gasteiger partial charge in [0.15, 0.2) is 0 Å². The molecule has 1 heterocycles. The predicted octanol–water partition coefficient (Wildman–Crippen LogP) is 5.10. The first-order valence-electron chi connectivity index (χ1n) is 9.44. The Labute approximate surface area is 165 Å². The third-order valence-electron chi connectivity index (χ3n) is 3.72. The molecule has 152 valence electrons. The lowest BCUT2D eigenvalue weighted by atomic mass is 10.1. The van der Waals surface area contributed by atoms with Gasteiger partial charge in [0.2, 0.25) is 5.91 Å². The fraction of sp³-hybridized carbons (Fsp3) is 0.650. The van der Waals surface area contributed by atoms with Crippen LogP contribution in [0, 0.1) is 6.92 Å². The molecule has 0 radical (unpaired) electrons. The zero-order chi connectivity index (χ0) is 20.6. The van der Waals surface area contributed by atoms with Crippen molar-refractivity contribution in [2.75, 3.05) is 11.9 Å². The van der Waals surface area contributed by atoms with Gasteiger partial charge in [0.05, 0.1) is 12.2 Å². The molecule has 0 aliphatic heterocycles. The van der Waals surface area contributed by atoms with E-state index in [-0.39, 0.29) is 18.1 Å². The van der Waals surface area contributed by atoms with Crippen LogP contribution >= 0.6 is 11.3 Å². The predicted molar refractivity (Wildman–Crippen MR) is 108 cm³/mol. The minimum atomic E-state index is -0.652. The van der Waals surface area contributed by atoms with Crippen LogP contribution in [0.25, 0.3) is 0 Å². The number of unbranched alkanes of at least 4 members (excludes halogenated alkanes) is 3. The number of nitrogens with one attached hydrogen (secondary N) is 1. The Balaban J connectivity index is 3.06. The van der Waals surface area contributed by atoms with E-state index in [1.807, 2.05) is 0 Å². The Bertz CT molecular complexity index is 673. The topological polar surface area (TPSA) is 81.7 Å². The molecule has 7 heteroatoms. The van der Waals surface area contributed by atoms with Gasteiger partial charge in [-0.05, 0) is 46.6 Å². The van der Waals surface area contributed by atoms with Crippen LogP contribution in [0.2, 0.25) is 0 Å². The van der Waals surface area contributed by atoms with Crippen molar-refractivity contribution in [2.45, 2.75) is 79.2 Å². The summed E-state index contributed by atoms with van der Waals surface area (Å²) >= 11 is 1.05. The summed E-state index contributed by atoms with van der Waals surface area (Å²) in [6.07, 6.45) is 4.33. The second-order valence-corrected chi connectivity index (χ2v) is 8.36. The van der Waals surface area contributed by atoms with E-state index in [2.05, 4.69) is 12.2 Å². The Morgan fingerprint density at radius 3 is 2.26 bits per heavy atom. The average molecular weight is 398 g/mol. The van der Waals surface area contributed by atoms with E-state index < -0.39 is 17.5 Å². The molecule has 1 aromatic rings. The molecule has 0 bridgehead atoms. The summed E-state index contributed by atoms with van der Waals surface area (Å²) in [6, 6.07) is 0. The van der Waals surface area contributed by atoms with Crippen LogP contribution in [-0.2, 0) is 14.3 Å². The Morgan fingerprint density at radius 2 is 1.70 bits per heavy atom. The molecule has 0 aliphatic carbocycles. The smallest absolute Gasteiger partial charge is 0.349 e. The first kappa shape index (κ1) is 23.1. The molecule has 0 saturated heterocycles. The van der Waals surface area contributed by atoms with Crippen LogP contribution in [0.1, 0.15) is 92.3 Å². The lowest BCUT2D eigenvalue weighted by Crippen LogP contribution is -2.23. The number of esters is 2. The van der Waals surface area contributed by atoms with E-state index in [1.165, 1.54) is 0 Å². The fourth-order valence-corrected chi connectivity index (χ4v) is 3.56. The number of carbonyl (C=O) groups is 3. The van der Waals surface area contributed by atoms with Crippen molar-refractivity contribution in [3.05, 3.63) is 16.0 Å². The highest BCUT2D eigenvalue weighted by molar-refractivity contribution is 7.18. The van der Waals surface area contributed by atoms with Gasteiger partial charge >= 0.3 is 11.9 Å². The van der Waals surface area contributed by atoms with Gasteiger partial charge in [-0.2, -0.15) is 0 Å². The summed E-state index contributed by atoms with van der Waals surface area (Å²) in [5.74, 6) is -1.24. The van der Waals surface area contributed by atoms with Crippen LogP contribution in [0.4, 0.5) is 5.00 Å². The molecule has 0 spiro atoms. The van der Waals surface area contributed by atoms with Crippen molar-refractivity contribution in [2.24, 2.45) is 0 Å². The highest BCUT2D eigenvalue weighted by Crippen LogP contribution is 2.35. The Hall–Kier alpha value is -1.89. The third-order valence-corrected chi connectivity index (χ3v) is 4.91. The number of hydrogen-bond acceptors (Lipinski definition) is 6. The third kappa shape index (κ3) is 7.33. The average Bonchev–Trinajstić information content (AvgIpc) is 2.86. The second kappa shape index (κ2) is 10.4. The van der Waals surface area contributed by atoms with Gasteiger partial charge in [0, 0.05) is 6.42 Å². The molecule has 0 aliphatic rings. The quantitative estimate of drug-likeness (QED) is 0.463. The van der Waals surface area contributed by atoms with Gasteiger partial charge in [-0.15, -0.1) is 11.3 Å². The van der Waals surface area contributed by atoms with Crippen molar-refractivity contribution >= 4 is 34.2 Å². The SMILES string of the molecule is CCCCCCC(=O)Nc1sc(C(=O)OC(C)(C)C)c(C)c1C(=O)OCC. The Kier molecular flexibility index (Phi) is 8.96. The molecule has 0 unspecified atom stereocenters. The molecule has 1 amide bonds. The summed E-state index contributed by atoms with van der Waals surface area (Å²) in [4.78, 5) is 37.4. The zero-order valence-corrected chi connectivity index (χ0v) is 18.0. The minimum Gasteiger partial charge on any atom is -0.462 e. The summed E-state index contributed by atoms with van der Waals surface area (Å²) in [5.41, 5.74) is 0.0407. The van der Waals surface area contributed by atoms with Crippen LogP contribution in [0.15, 0.2) is 0 Å². The number of rotatable bonds is 9. The molecular formula is C20H31NO5S. The van der Waals surface area contributed by atoms with E-state index >= 15 is 0 Å². The number of thiophene rings is 1. The maximum absolute atomic E-state index is 12.5. The lowest BCUT2D eigenvalue weighted by Gasteiger charge is -2.19. The van der Waals surface area contributed by atoms with Crippen molar-refractivity contribution in [1.82, 2.24) is 0 Å². The van der Waals surface area contributed by atoms with Crippen molar-refractivity contribution in [1.29, 1.82) is 0 Å². The van der Waals surface area contributed by atoms with E-state index in [0.29, 0.717) is 21.9 Å². The van der Waals surface area contributed by atoms with E-state index in [9.17, 15) is 14.4 Å². The highest BCUT2D eigenvalue weighted by Gasteiger charge is 2.29. The molecule has 0 saturated carbocycles. The summed E-state index contributed by atoms with van der Waals surface area (Å²) in [5, 5.41) is 3.12. The maximum atomic E-state index is 12.5. The van der Waals surface area contributed by atoms with Gasteiger partial charge in [-0.25, -0.2) is 9.59 Å². The molecule has 0 aromatic carbocycles. The lowest BCUT2D eigenvalue weighted by molar-refractivity contribution is -0.116. The van der Waals surface area contributed by atoms with Gasteiger partial charge in [0.1, 0.15) is 15.5 Å². The number of anilines is 1. The molecule has 1 N–H and O–H groups in total. The van der Waals surface area contributed by atoms with Crippen LogP contribution in [-0.4, -0.2) is 30.1 Å². The highest BCUT2D eigenvalue weighted by atomic mass is 32.1. The van der Waals surface area contributed by atoms with Crippen molar-refractivity contribution in [3.8, 4) is 0 Å². The van der Waals surface area contributed by atoms with E-state index in [0.717, 1.165) is 37.0 Å². The zero-order valence-electron chi connectivity index (χ0n) is 17.2. The monoisotopic (exact) mass is 397 g/mol. The summed E-state index contributed by atoms with van der Waals surface area (Å²) in [6.45, 7) is 11.0. The second-order valence-electron chi connectivity index (χ2n) is 7.34. The molecule has 0 fully saturated rings. The number of ether oxygens (including phenoxy) is 2. The largest absolute Gasteiger partial charge is 0.462 e. The summed E-state index contributed by atoms with van der Waals surface area (Å²) < 4.78 is 10.5. The molecule has 27 heavy (non-hydrogen) atoms. The van der Waals surface area contributed by atoms with Gasteiger partial charge < -0.3 is 14.8 Å². The number of amides is 1. The van der Waals surface area contributed by atoms with E-state index in [1.54, 1.807) is 34.6 Å². The standard InChI is InChI=1S/C20H31NO5S/c1-7-9-10-11-12-14(22)21-17-15(18(23)25-8-2)13(3)16(27-17)19(24)26-20(4,5)6/h7-12H2,1-6H3,(H,21,22). The van der Waals surface area contributed by atoms with Crippen LogP contribution in [0.5, 0.6) is 0 Å². The first-order chi connectivity index (χ1) is 12.6. The fourth-order valence-electron chi connectivity index (χ4n) is 2.47. The molecule has 0 atom stereocenters. The summed E-state index contributed by atoms with van der Waals surface area (Å²) in [7, 11) is 0. The molecule has 1 aromatic heterocycles. The molecule has 1 rings (SSSR count). The Morgan fingerprint density at radius 1 is 1.04 bits per heavy atom. The molecular weight excluding hydrogens is 366 g/mol. The maximum Gasteiger partial charge on any atom is 0.349 e. The number of carbonyl (C=O) groups excluding carboxylic acids is 3. The van der Waals surface area contributed by atoms with Crippen LogP contribution < -0.4 is 5.32 Å². The first-order valence-corrected chi connectivity index (χ1v) is 10.3. The number of hydrogen-bond donors (Lipinski definition) is 1. The van der Waals surface area contributed by atoms with Crippen LogP contribution in [0.3, 0.4) is 0 Å².